The van der Waals surface area contributed by atoms with Crippen molar-refractivity contribution in [2.24, 2.45) is 0 Å². The van der Waals surface area contributed by atoms with E-state index >= 15 is 0 Å². The summed E-state index contributed by atoms with van der Waals surface area (Å²) in [5, 5.41) is 6.37. The van der Waals surface area contributed by atoms with E-state index in [1.54, 1.807) is 18.2 Å². The molecular formula is C13H18Cl2N2O3. The van der Waals surface area contributed by atoms with Gasteiger partial charge in [0.25, 0.3) is 0 Å². The molecule has 1 heterocycles. The molecule has 1 atom stereocenters. The van der Waals surface area contributed by atoms with E-state index in [9.17, 15) is 4.79 Å². The smallest absolute Gasteiger partial charge is 0.243 e. The van der Waals surface area contributed by atoms with E-state index in [0.717, 1.165) is 0 Å². The van der Waals surface area contributed by atoms with Crippen molar-refractivity contribution in [3.63, 3.8) is 0 Å². The Balaban J connectivity index is 0.00000200. The lowest BCUT2D eigenvalue weighted by atomic mass is 10.2. The van der Waals surface area contributed by atoms with Gasteiger partial charge in [-0.15, -0.1) is 12.4 Å². The van der Waals surface area contributed by atoms with Gasteiger partial charge >= 0.3 is 0 Å². The van der Waals surface area contributed by atoms with Crippen LogP contribution in [0.1, 0.15) is 6.92 Å². The van der Waals surface area contributed by atoms with E-state index in [2.05, 4.69) is 10.6 Å². The lowest BCUT2D eigenvalue weighted by molar-refractivity contribution is -0.120. The van der Waals surface area contributed by atoms with Crippen molar-refractivity contribution < 1.29 is 14.3 Å². The molecule has 112 valence electrons. The largest absolute Gasteiger partial charge is 0.492 e. The fourth-order valence-corrected chi connectivity index (χ4v) is 2.05. The second-order valence-corrected chi connectivity index (χ2v) is 4.56. The van der Waals surface area contributed by atoms with Gasteiger partial charge in [-0.1, -0.05) is 11.6 Å². The molecule has 1 amide bonds. The molecule has 1 aromatic carbocycles. The first-order valence-corrected chi connectivity index (χ1v) is 6.63. The van der Waals surface area contributed by atoms with Crippen LogP contribution in [-0.4, -0.2) is 38.3 Å². The third-order valence-electron chi connectivity index (χ3n) is 2.74. The second kappa shape index (κ2) is 8.32. The van der Waals surface area contributed by atoms with Gasteiger partial charge in [0, 0.05) is 12.2 Å². The Morgan fingerprint density at radius 1 is 1.60 bits per heavy atom. The van der Waals surface area contributed by atoms with Crippen molar-refractivity contribution >= 4 is 35.6 Å². The molecule has 0 spiro atoms. The number of hydrogen-bond acceptors (Lipinski definition) is 4. The summed E-state index contributed by atoms with van der Waals surface area (Å²) in [6, 6.07) is 4.86. The highest BCUT2D eigenvalue weighted by Gasteiger charge is 2.21. The third kappa shape index (κ3) is 4.52. The average molecular weight is 321 g/mol. The molecule has 0 bridgehead atoms. The molecule has 1 aliphatic heterocycles. The zero-order chi connectivity index (χ0) is 13.7. The minimum atomic E-state index is -0.320. The van der Waals surface area contributed by atoms with Crippen LogP contribution in [0.15, 0.2) is 18.2 Å². The average Bonchev–Trinajstić information content (AvgIpc) is 2.43. The van der Waals surface area contributed by atoms with Gasteiger partial charge in [0.05, 0.1) is 24.8 Å². The van der Waals surface area contributed by atoms with Crippen LogP contribution >= 0.6 is 24.0 Å². The molecule has 5 nitrogen and oxygen atoms in total. The molecular weight excluding hydrogens is 303 g/mol. The van der Waals surface area contributed by atoms with Crippen LogP contribution in [0.3, 0.4) is 0 Å². The van der Waals surface area contributed by atoms with E-state index in [-0.39, 0.29) is 24.4 Å². The third-order valence-corrected chi connectivity index (χ3v) is 3.03. The predicted octanol–water partition coefficient (Wildman–Crippen LogP) is 2.09. The molecule has 2 N–H and O–H groups in total. The molecule has 1 fully saturated rings. The summed E-state index contributed by atoms with van der Waals surface area (Å²) in [5.74, 6) is 0.487. The quantitative estimate of drug-likeness (QED) is 0.891. The Hall–Kier alpha value is -1.01. The number of nitrogens with one attached hydrogen (secondary N) is 2. The Labute approximate surface area is 129 Å². The first-order chi connectivity index (χ1) is 9.20. The molecule has 1 unspecified atom stereocenters. The van der Waals surface area contributed by atoms with Crippen LogP contribution in [0.4, 0.5) is 5.69 Å². The van der Waals surface area contributed by atoms with E-state index in [0.29, 0.717) is 42.8 Å². The van der Waals surface area contributed by atoms with Crippen LogP contribution in [0.5, 0.6) is 5.75 Å². The summed E-state index contributed by atoms with van der Waals surface area (Å²) < 4.78 is 10.6. The summed E-state index contributed by atoms with van der Waals surface area (Å²) in [4.78, 5) is 12.0. The van der Waals surface area contributed by atoms with Crippen molar-refractivity contribution in [2.45, 2.75) is 13.0 Å². The van der Waals surface area contributed by atoms with Gasteiger partial charge in [0.2, 0.25) is 5.91 Å². The Kier molecular flexibility index (Phi) is 7.09. The number of anilines is 1. The zero-order valence-electron chi connectivity index (χ0n) is 11.1. The van der Waals surface area contributed by atoms with Crippen LogP contribution in [0, 0.1) is 0 Å². The van der Waals surface area contributed by atoms with Gasteiger partial charge in [0.1, 0.15) is 11.8 Å². The number of halogens is 2. The van der Waals surface area contributed by atoms with Gasteiger partial charge in [-0.3, -0.25) is 4.79 Å². The van der Waals surface area contributed by atoms with E-state index in [1.807, 2.05) is 6.92 Å². The fraction of sp³-hybridized carbons (Fsp3) is 0.462. The molecule has 0 aliphatic carbocycles. The van der Waals surface area contributed by atoms with Crippen molar-refractivity contribution in [3.8, 4) is 5.75 Å². The number of rotatable bonds is 4. The summed E-state index contributed by atoms with van der Waals surface area (Å²) in [5.41, 5.74) is 0.644. The van der Waals surface area contributed by atoms with Gasteiger partial charge in [-0.05, 0) is 25.1 Å². The van der Waals surface area contributed by atoms with Crippen LogP contribution in [0.2, 0.25) is 5.02 Å². The highest BCUT2D eigenvalue weighted by atomic mass is 35.5. The number of benzene rings is 1. The van der Waals surface area contributed by atoms with Gasteiger partial charge in [0.15, 0.2) is 0 Å². The van der Waals surface area contributed by atoms with Gasteiger partial charge in [-0.2, -0.15) is 0 Å². The van der Waals surface area contributed by atoms with E-state index in [1.165, 1.54) is 0 Å². The molecule has 0 saturated carbocycles. The van der Waals surface area contributed by atoms with Crippen molar-refractivity contribution in [3.05, 3.63) is 23.2 Å². The number of carbonyl (C=O) groups excluding carboxylic acids is 1. The first-order valence-electron chi connectivity index (χ1n) is 6.25. The molecule has 1 saturated heterocycles. The molecule has 0 aromatic heterocycles. The molecule has 20 heavy (non-hydrogen) atoms. The normalized spacial score (nSPS) is 18.0. The summed E-state index contributed by atoms with van der Waals surface area (Å²) in [6.07, 6.45) is 0. The number of ether oxygens (including phenoxy) is 2. The van der Waals surface area contributed by atoms with Crippen molar-refractivity contribution in [2.75, 3.05) is 31.7 Å². The fourth-order valence-electron chi connectivity index (χ4n) is 1.81. The van der Waals surface area contributed by atoms with Crippen LogP contribution in [0.25, 0.3) is 0 Å². The monoisotopic (exact) mass is 320 g/mol. The first kappa shape index (κ1) is 17.0. The van der Waals surface area contributed by atoms with Gasteiger partial charge in [-0.25, -0.2) is 0 Å². The molecule has 2 rings (SSSR count). The minimum Gasteiger partial charge on any atom is -0.492 e. The highest BCUT2D eigenvalue weighted by Crippen LogP contribution is 2.27. The topological polar surface area (TPSA) is 59.6 Å². The number of morpholine rings is 1. The molecule has 0 radical (unpaired) electrons. The maximum atomic E-state index is 12.0. The summed E-state index contributed by atoms with van der Waals surface area (Å²) >= 11 is 6.06. The highest BCUT2D eigenvalue weighted by molar-refractivity contribution is 6.32. The van der Waals surface area contributed by atoms with Gasteiger partial charge < -0.3 is 20.1 Å². The molecule has 1 aliphatic rings. The van der Waals surface area contributed by atoms with Crippen LogP contribution in [-0.2, 0) is 9.53 Å². The minimum absolute atomic E-state index is 0. The maximum absolute atomic E-state index is 12.0. The number of amides is 1. The number of hydrogen-bond donors (Lipinski definition) is 2. The SMILES string of the molecule is CCOc1ccc(NC(=O)C2COCCN2)cc1Cl.Cl. The lowest BCUT2D eigenvalue weighted by Gasteiger charge is -2.23. The predicted molar refractivity (Wildman–Crippen MR) is 81.1 cm³/mol. The lowest BCUT2D eigenvalue weighted by Crippen LogP contribution is -2.48. The van der Waals surface area contributed by atoms with E-state index < -0.39 is 0 Å². The molecule has 1 aromatic rings. The molecule has 7 heteroatoms. The van der Waals surface area contributed by atoms with Crippen LogP contribution < -0.4 is 15.4 Å². The Morgan fingerprint density at radius 2 is 2.40 bits per heavy atom. The standard InChI is InChI=1S/C13H17ClN2O3.ClH/c1-2-19-12-4-3-9(7-10(12)14)16-13(17)11-8-18-6-5-15-11;/h3-4,7,11,15H,2,5-6,8H2,1H3,(H,16,17);1H. The Bertz CT molecular complexity index is 451. The van der Waals surface area contributed by atoms with Crippen molar-refractivity contribution in [1.29, 1.82) is 0 Å². The van der Waals surface area contributed by atoms with Crippen molar-refractivity contribution in [1.82, 2.24) is 5.32 Å². The van der Waals surface area contributed by atoms with E-state index in [4.69, 9.17) is 21.1 Å². The number of carbonyl (C=O) groups is 1. The second-order valence-electron chi connectivity index (χ2n) is 4.15. The zero-order valence-corrected chi connectivity index (χ0v) is 12.7. The maximum Gasteiger partial charge on any atom is 0.243 e. The summed E-state index contributed by atoms with van der Waals surface area (Å²) in [7, 11) is 0. The Morgan fingerprint density at radius 3 is 3.00 bits per heavy atom. The summed E-state index contributed by atoms with van der Waals surface area (Å²) in [6.45, 7) is 4.15.